The Bertz CT molecular complexity index is 677. The zero-order valence-corrected chi connectivity index (χ0v) is 14.7. The molecule has 1 unspecified atom stereocenters. The standard InChI is InChI=1S/C13H15F3N6O.2ClH/c1-8(4-17)5-19-12(23)10-7-22(21-20-10)11-3-2-9(6-18-11)13(14,15)16;;/h2-3,6-8H,4-5,17H2,1H3,(H,19,23);2*1H. The van der Waals surface area contributed by atoms with Crippen LogP contribution in [0, 0.1) is 5.92 Å². The summed E-state index contributed by atoms with van der Waals surface area (Å²) in [4.78, 5) is 15.5. The summed E-state index contributed by atoms with van der Waals surface area (Å²) < 4.78 is 38.6. The van der Waals surface area contributed by atoms with E-state index in [2.05, 4.69) is 20.6 Å². The maximum absolute atomic E-state index is 12.5. The minimum absolute atomic E-state index is 0. The molecule has 2 aromatic rings. The Morgan fingerprint density at radius 1 is 1.36 bits per heavy atom. The number of carbonyl (C=O) groups excluding carboxylic acids is 1. The van der Waals surface area contributed by atoms with E-state index in [4.69, 9.17) is 5.73 Å². The van der Waals surface area contributed by atoms with Gasteiger partial charge in [0, 0.05) is 12.7 Å². The summed E-state index contributed by atoms with van der Waals surface area (Å²) in [5.41, 5.74) is 4.62. The lowest BCUT2D eigenvalue weighted by Gasteiger charge is -2.08. The minimum atomic E-state index is -4.46. The number of nitrogens with zero attached hydrogens (tertiary/aromatic N) is 4. The lowest BCUT2D eigenvalue weighted by molar-refractivity contribution is -0.137. The van der Waals surface area contributed by atoms with Gasteiger partial charge in [0.2, 0.25) is 0 Å². The normalized spacial score (nSPS) is 11.9. The Balaban J connectivity index is 0.00000288. The Kier molecular flexibility index (Phi) is 8.81. The van der Waals surface area contributed by atoms with Crippen LogP contribution in [-0.4, -0.2) is 39.0 Å². The van der Waals surface area contributed by atoms with E-state index in [0.717, 1.165) is 16.8 Å². The van der Waals surface area contributed by atoms with E-state index in [1.807, 2.05) is 6.92 Å². The summed E-state index contributed by atoms with van der Waals surface area (Å²) in [5.74, 6) is -0.200. The van der Waals surface area contributed by atoms with Gasteiger partial charge in [0.15, 0.2) is 11.5 Å². The molecule has 0 aliphatic carbocycles. The summed E-state index contributed by atoms with van der Waals surface area (Å²) in [6.07, 6.45) is -2.48. The number of hydrogen-bond acceptors (Lipinski definition) is 5. The van der Waals surface area contributed by atoms with Crippen LogP contribution in [0.25, 0.3) is 5.82 Å². The molecular weight excluding hydrogens is 384 g/mol. The number of nitrogens with one attached hydrogen (secondary N) is 1. The van der Waals surface area contributed by atoms with Crippen molar-refractivity contribution >= 4 is 30.7 Å². The molecule has 2 rings (SSSR count). The predicted octanol–water partition coefficient (Wildman–Crippen LogP) is 1.85. The molecule has 12 heteroatoms. The Labute approximate surface area is 154 Å². The molecule has 0 radical (unpaired) electrons. The number of alkyl halides is 3. The number of aromatic nitrogens is 4. The number of nitrogens with two attached hydrogens (primary N) is 1. The molecule has 2 aromatic heterocycles. The molecule has 7 nitrogen and oxygen atoms in total. The Hall–Kier alpha value is -1.91. The SMILES string of the molecule is CC(CN)CNC(=O)c1cn(-c2ccc(C(F)(F)F)cn2)nn1.Cl.Cl. The van der Waals surface area contributed by atoms with Crippen LogP contribution in [0.2, 0.25) is 0 Å². The zero-order valence-electron chi connectivity index (χ0n) is 13.0. The first kappa shape index (κ1) is 23.1. The first-order chi connectivity index (χ1) is 10.8. The van der Waals surface area contributed by atoms with Crippen molar-refractivity contribution < 1.29 is 18.0 Å². The van der Waals surface area contributed by atoms with Crippen molar-refractivity contribution in [3.63, 3.8) is 0 Å². The molecule has 1 atom stereocenters. The van der Waals surface area contributed by atoms with E-state index < -0.39 is 17.6 Å². The van der Waals surface area contributed by atoms with Gasteiger partial charge in [-0.05, 0) is 24.6 Å². The third-order valence-electron chi connectivity index (χ3n) is 3.05. The molecule has 2 heterocycles. The van der Waals surface area contributed by atoms with Crippen LogP contribution >= 0.6 is 24.8 Å². The minimum Gasteiger partial charge on any atom is -0.350 e. The number of pyridine rings is 1. The third-order valence-corrected chi connectivity index (χ3v) is 3.05. The van der Waals surface area contributed by atoms with Crippen molar-refractivity contribution in [2.45, 2.75) is 13.1 Å². The molecule has 140 valence electrons. The molecule has 0 saturated carbocycles. The molecule has 0 spiro atoms. The van der Waals surface area contributed by atoms with Crippen LogP contribution in [0.3, 0.4) is 0 Å². The Morgan fingerprint density at radius 3 is 2.56 bits per heavy atom. The van der Waals surface area contributed by atoms with Crippen molar-refractivity contribution in [1.29, 1.82) is 0 Å². The maximum atomic E-state index is 12.5. The average Bonchev–Trinajstić information content (AvgIpc) is 3.01. The average molecular weight is 401 g/mol. The van der Waals surface area contributed by atoms with E-state index >= 15 is 0 Å². The topological polar surface area (TPSA) is 98.7 Å². The molecule has 0 aliphatic rings. The number of halogens is 5. The monoisotopic (exact) mass is 400 g/mol. The van der Waals surface area contributed by atoms with Crippen molar-refractivity contribution in [2.75, 3.05) is 13.1 Å². The fourth-order valence-electron chi connectivity index (χ4n) is 1.61. The second-order valence-corrected chi connectivity index (χ2v) is 5.00. The van der Waals surface area contributed by atoms with E-state index in [1.54, 1.807) is 0 Å². The lowest BCUT2D eigenvalue weighted by Crippen LogP contribution is -2.31. The second kappa shape index (κ2) is 9.54. The van der Waals surface area contributed by atoms with Crippen molar-refractivity contribution in [3.05, 3.63) is 35.8 Å². The van der Waals surface area contributed by atoms with Gasteiger partial charge in [0.25, 0.3) is 5.91 Å². The first-order valence-corrected chi connectivity index (χ1v) is 6.75. The van der Waals surface area contributed by atoms with Gasteiger partial charge in [0.05, 0.1) is 11.8 Å². The number of amides is 1. The second-order valence-electron chi connectivity index (χ2n) is 5.00. The van der Waals surface area contributed by atoms with Crippen LogP contribution in [-0.2, 0) is 6.18 Å². The van der Waals surface area contributed by atoms with Gasteiger partial charge in [-0.1, -0.05) is 12.1 Å². The van der Waals surface area contributed by atoms with Crippen LogP contribution in [0.4, 0.5) is 13.2 Å². The molecule has 0 saturated heterocycles. The van der Waals surface area contributed by atoms with Crippen LogP contribution in [0.1, 0.15) is 23.0 Å². The van der Waals surface area contributed by atoms with Crippen molar-refractivity contribution in [2.24, 2.45) is 11.7 Å². The van der Waals surface area contributed by atoms with Gasteiger partial charge in [-0.3, -0.25) is 4.79 Å². The summed E-state index contributed by atoms with van der Waals surface area (Å²) >= 11 is 0. The van der Waals surface area contributed by atoms with E-state index in [9.17, 15) is 18.0 Å². The van der Waals surface area contributed by atoms with Crippen molar-refractivity contribution in [1.82, 2.24) is 25.3 Å². The molecule has 0 bridgehead atoms. The first-order valence-electron chi connectivity index (χ1n) is 6.75. The number of rotatable bonds is 5. The van der Waals surface area contributed by atoms with Gasteiger partial charge in [0.1, 0.15) is 0 Å². The van der Waals surface area contributed by atoms with Gasteiger partial charge in [-0.25, -0.2) is 9.67 Å². The third kappa shape index (κ3) is 6.15. The summed E-state index contributed by atoms with van der Waals surface area (Å²) in [5, 5.41) is 10.00. The molecule has 3 N–H and O–H groups in total. The summed E-state index contributed by atoms with van der Waals surface area (Å²) in [6, 6.07) is 2.03. The number of carbonyl (C=O) groups is 1. The highest BCUT2D eigenvalue weighted by Gasteiger charge is 2.30. The zero-order chi connectivity index (χ0) is 17.0. The van der Waals surface area contributed by atoms with Gasteiger partial charge in [-0.15, -0.1) is 29.9 Å². The lowest BCUT2D eigenvalue weighted by atomic mass is 10.2. The molecule has 0 fully saturated rings. The molecular formula is C13H17Cl2F3N6O. The highest BCUT2D eigenvalue weighted by molar-refractivity contribution is 5.91. The van der Waals surface area contributed by atoms with E-state index in [-0.39, 0.29) is 42.2 Å². The van der Waals surface area contributed by atoms with Gasteiger partial charge in [-0.2, -0.15) is 13.2 Å². The molecule has 25 heavy (non-hydrogen) atoms. The van der Waals surface area contributed by atoms with Gasteiger partial charge < -0.3 is 11.1 Å². The van der Waals surface area contributed by atoms with Crippen molar-refractivity contribution in [3.8, 4) is 5.82 Å². The molecule has 0 aromatic carbocycles. The summed E-state index contributed by atoms with van der Waals surface area (Å²) in [7, 11) is 0. The smallest absolute Gasteiger partial charge is 0.350 e. The van der Waals surface area contributed by atoms with E-state index in [1.165, 1.54) is 6.20 Å². The van der Waals surface area contributed by atoms with Crippen LogP contribution in [0.5, 0.6) is 0 Å². The molecule has 1 amide bonds. The fourth-order valence-corrected chi connectivity index (χ4v) is 1.61. The summed E-state index contributed by atoms with van der Waals surface area (Å²) in [6.45, 7) is 2.70. The fraction of sp³-hybridized carbons (Fsp3) is 0.385. The predicted molar refractivity (Wildman–Crippen MR) is 89.2 cm³/mol. The highest BCUT2D eigenvalue weighted by atomic mass is 35.5. The molecule has 0 aliphatic heterocycles. The maximum Gasteiger partial charge on any atom is 0.417 e. The number of hydrogen-bond donors (Lipinski definition) is 2. The largest absolute Gasteiger partial charge is 0.417 e. The Morgan fingerprint density at radius 2 is 2.04 bits per heavy atom. The van der Waals surface area contributed by atoms with Crippen LogP contribution in [0.15, 0.2) is 24.5 Å². The van der Waals surface area contributed by atoms with Crippen LogP contribution < -0.4 is 11.1 Å². The van der Waals surface area contributed by atoms with Gasteiger partial charge >= 0.3 is 6.18 Å². The quantitative estimate of drug-likeness (QED) is 0.797. The highest BCUT2D eigenvalue weighted by Crippen LogP contribution is 2.28. The van der Waals surface area contributed by atoms with E-state index in [0.29, 0.717) is 19.3 Å².